The van der Waals surface area contributed by atoms with Gasteiger partial charge in [0.1, 0.15) is 11.6 Å². The summed E-state index contributed by atoms with van der Waals surface area (Å²) in [6.45, 7) is 4.99. The van der Waals surface area contributed by atoms with Crippen LogP contribution >= 0.6 is 0 Å². The highest BCUT2D eigenvalue weighted by Gasteiger charge is 2.25. The highest BCUT2D eigenvalue weighted by molar-refractivity contribution is 5.99. The van der Waals surface area contributed by atoms with E-state index in [1.165, 1.54) is 19.1 Å². The lowest BCUT2D eigenvalue weighted by molar-refractivity contribution is -0.114. The number of amides is 2. The van der Waals surface area contributed by atoms with Crippen molar-refractivity contribution in [2.24, 2.45) is 0 Å². The van der Waals surface area contributed by atoms with Crippen LogP contribution in [0, 0.1) is 18.6 Å². The van der Waals surface area contributed by atoms with Gasteiger partial charge in [-0.1, -0.05) is 6.07 Å². The Labute approximate surface area is 156 Å². The number of rotatable bonds is 3. The summed E-state index contributed by atoms with van der Waals surface area (Å²) in [6.07, 6.45) is 0. The maximum Gasteiger partial charge on any atom is 0.254 e. The Bertz CT molecular complexity index is 878. The van der Waals surface area contributed by atoms with Crippen LogP contribution in [-0.4, -0.2) is 42.9 Å². The Kier molecular flexibility index (Phi) is 5.39. The molecule has 0 spiro atoms. The molecule has 2 aromatic carbocycles. The SMILES string of the molecule is CC(=O)Nc1cccc(C(=O)N2CCN(c3ccc(F)cc3F)CC2)c1C. The van der Waals surface area contributed by atoms with Crippen LogP contribution in [0.2, 0.25) is 0 Å². The lowest BCUT2D eigenvalue weighted by Crippen LogP contribution is -2.49. The summed E-state index contributed by atoms with van der Waals surface area (Å²) in [4.78, 5) is 27.7. The molecule has 5 nitrogen and oxygen atoms in total. The minimum atomic E-state index is -0.611. The molecule has 0 aromatic heterocycles. The molecule has 7 heteroatoms. The van der Waals surface area contributed by atoms with Crippen molar-refractivity contribution in [3.63, 3.8) is 0 Å². The standard InChI is InChI=1S/C20H21F2N3O2/c1-13-16(4-3-5-18(13)23-14(2)26)20(27)25-10-8-24(9-11-25)19-7-6-15(21)12-17(19)22/h3-7,12H,8-11H2,1-2H3,(H,23,26). The molecule has 1 fully saturated rings. The van der Waals surface area contributed by atoms with Gasteiger partial charge in [-0.2, -0.15) is 0 Å². The zero-order valence-corrected chi connectivity index (χ0v) is 15.3. The van der Waals surface area contributed by atoms with Crippen LogP contribution in [0.5, 0.6) is 0 Å². The van der Waals surface area contributed by atoms with Gasteiger partial charge in [0.2, 0.25) is 5.91 Å². The third kappa shape index (κ3) is 4.07. The van der Waals surface area contributed by atoms with E-state index in [9.17, 15) is 18.4 Å². The smallest absolute Gasteiger partial charge is 0.254 e. The van der Waals surface area contributed by atoms with Gasteiger partial charge in [0.05, 0.1) is 5.69 Å². The van der Waals surface area contributed by atoms with Gasteiger partial charge in [-0.3, -0.25) is 9.59 Å². The van der Waals surface area contributed by atoms with E-state index in [0.29, 0.717) is 48.7 Å². The fourth-order valence-electron chi connectivity index (χ4n) is 3.25. The maximum atomic E-state index is 14.0. The largest absolute Gasteiger partial charge is 0.366 e. The topological polar surface area (TPSA) is 52.7 Å². The van der Waals surface area contributed by atoms with Crippen molar-refractivity contribution in [1.29, 1.82) is 0 Å². The van der Waals surface area contributed by atoms with Crippen LogP contribution in [0.3, 0.4) is 0 Å². The van der Waals surface area contributed by atoms with Crippen molar-refractivity contribution in [3.8, 4) is 0 Å². The number of hydrogen-bond acceptors (Lipinski definition) is 3. The molecule has 2 amide bonds. The average Bonchev–Trinajstić information content (AvgIpc) is 2.63. The van der Waals surface area contributed by atoms with Crippen LogP contribution in [0.25, 0.3) is 0 Å². The van der Waals surface area contributed by atoms with Crippen LogP contribution in [0.1, 0.15) is 22.8 Å². The number of anilines is 2. The monoisotopic (exact) mass is 373 g/mol. The van der Waals surface area contributed by atoms with Crippen LogP contribution in [0.15, 0.2) is 36.4 Å². The molecule has 1 aliphatic heterocycles. The van der Waals surface area contributed by atoms with Gasteiger partial charge in [0.25, 0.3) is 5.91 Å². The van der Waals surface area contributed by atoms with Crippen molar-refractivity contribution >= 4 is 23.2 Å². The second kappa shape index (κ2) is 7.73. The first-order valence-electron chi connectivity index (χ1n) is 8.73. The summed E-state index contributed by atoms with van der Waals surface area (Å²) in [7, 11) is 0. The summed E-state index contributed by atoms with van der Waals surface area (Å²) >= 11 is 0. The molecule has 1 heterocycles. The van der Waals surface area contributed by atoms with Crippen molar-refractivity contribution in [2.75, 3.05) is 36.4 Å². The minimum Gasteiger partial charge on any atom is -0.366 e. The number of carbonyl (C=O) groups excluding carboxylic acids is 2. The zero-order chi connectivity index (χ0) is 19.6. The van der Waals surface area contributed by atoms with Gasteiger partial charge in [-0.15, -0.1) is 0 Å². The fraction of sp³-hybridized carbons (Fsp3) is 0.300. The molecule has 0 aliphatic carbocycles. The fourth-order valence-corrected chi connectivity index (χ4v) is 3.25. The quantitative estimate of drug-likeness (QED) is 0.899. The second-order valence-electron chi connectivity index (χ2n) is 6.53. The highest BCUT2D eigenvalue weighted by atomic mass is 19.1. The third-order valence-corrected chi connectivity index (χ3v) is 4.69. The number of carbonyl (C=O) groups is 2. The molecule has 0 unspecified atom stereocenters. The molecular weight excluding hydrogens is 352 g/mol. The molecule has 1 N–H and O–H groups in total. The number of benzene rings is 2. The molecule has 1 saturated heterocycles. The van der Waals surface area contributed by atoms with Gasteiger partial charge in [-0.25, -0.2) is 8.78 Å². The normalized spacial score (nSPS) is 14.2. The summed E-state index contributed by atoms with van der Waals surface area (Å²) in [5.74, 6) is -1.54. The van der Waals surface area contributed by atoms with Crippen molar-refractivity contribution in [2.45, 2.75) is 13.8 Å². The first-order chi connectivity index (χ1) is 12.9. The molecule has 27 heavy (non-hydrogen) atoms. The van der Waals surface area contributed by atoms with Gasteiger partial charge < -0.3 is 15.1 Å². The summed E-state index contributed by atoms with van der Waals surface area (Å²) in [5, 5.41) is 2.72. The molecule has 2 aromatic rings. The molecule has 0 atom stereocenters. The summed E-state index contributed by atoms with van der Waals surface area (Å²) in [6, 6.07) is 8.73. The van der Waals surface area contributed by atoms with Crippen LogP contribution in [0.4, 0.5) is 20.2 Å². The van der Waals surface area contributed by atoms with Crippen molar-refractivity contribution in [3.05, 3.63) is 59.2 Å². The molecule has 0 radical (unpaired) electrons. The lowest BCUT2D eigenvalue weighted by atomic mass is 10.0. The number of nitrogens with zero attached hydrogens (tertiary/aromatic N) is 2. The third-order valence-electron chi connectivity index (χ3n) is 4.69. The number of hydrogen-bond donors (Lipinski definition) is 1. The predicted octanol–water partition coefficient (Wildman–Crippen LogP) is 3.19. The van der Waals surface area contributed by atoms with E-state index < -0.39 is 11.6 Å². The average molecular weight is 373 g/mol. The van der Waals surface area contributed by atoms with E-state index in [4.69, 9.17) is 0 Å². The van der Waals surface area contributed by atoms with E-state index in [-0.39, 0.29) is 11.8 Å². The molecule has 0 bridgehead atoms. The number of halogens is 2. The van der Waals surface area contributed by atoms with Gasteiger partial charge >= 0.3 is 0 Å². The second-order valence-corrected chi connectivity index (χ2v) is 6.53. The van der Waals surface area contributed by atoms with Crippen molar-refractivity contribution in [1.82, 2.24) is 4.90 Å². The Morgan fingerprint density at radius 3 is 2.37 bits per heavy atom. The molecule has 0 saturated carbocycles. The van der Waals surface area contributed by atoms with E-state index in [0.717, 1.165) is 6.07 Å². The number of piperazine rings is 1. The Balaban J connectivity index is 1.71. The lowest BCUT2D eigenvalue weighted by Gasteiger charge is -2.36. The molecular formula is C20H21F2N3O2. The first kappa shape index (κ1) is 18.8. The summed E-state index contributed by atoms with van der Waals surface area (Å²) in [5.41, 5.74) is 2.19. The Hall–Kier alpha value is -2.96. The van der Waals surface area contributed by atoms with E-state index >= 15 is 0 Å². The molecule has 1 aliphatic rings. The van der Waals surface area contributed by atoms with Gasteiger partial charge in [0.15, 0.2) is 0 Å². The molecule has 3 rings (SSSR count). The Morgan fingerprint density at radius 2 is 1.74 bits per heavy atom. The summed E-state index contributed by atoms with van der Waals surface area (Å²) < 4.78 is 27.0. The van der Waals surface area contributed by atoms with Crippen LogP contribution < -0.4 is 10.2 Å². The van der Waals surface area contributed by atoms with Gasteiger partial charge in [-0.05, 0) is 36.8 Å². The van der Waals surface area contributed by atoms with Crippen LogP contribution in [-0.2, 0) is 4.79 Å². The van der Waals surface area contributed by atoms with E-state index in [1.807, 2.05) is 0 Å². The van der Waals surface area contributed by atoms with E-state index in [2.05, 4.69) is 5.32 Å². The van der Waals surface area contributed by atoms with E-state index in [1.54, 1.807) is 34.9 Å². The zero-order valence-electron chi connectivity index (χ0n) is 15.3. The predicted molar refractivity (Wildman–Crippen MR) is 100.0 cm³/mol. The highest BCUT2D eigenvalue weighted by Crippen LogP contribution is 2.24. The van der Waals surface area contributed by atoms with Crippen molar-refractivity contribution < 1.29 is 18.4 Å². The Morgan fingerprint density at radius 1 is 1.04 bits per heavy atom. The van der Waals surface area contributed by atoms with Gasteiger partial charge in [0, 0.05) is 50.4 Å². The molecule has 142 valence electrons. The maximum absolute atomic E-state index is 14.0. The minimum absolute atomic E-state index is 0.126. The first-order valence-corrected chi connectivity index (χ1v) is 8.73. The number of nitrogens with one attached hydrogen (secondary N) is 1.